The molecule has 4 aromatic rings. The molecule has 0 N–H and O–H groups in total. The highest BCUT2D eigenvalue weighted by molar-refractivity contribution is 7.15. The van der Waals surface area contributed by atoms with E-state index in [0.29, 0.717) is 5.82 Å². The summed E-state index contributed by atoms with van der Waals surface area (Å²) in [7, 11) is 5.08. The molecule has 0 amide bonds. The predicted molar refractivity (Wildman–Crippen MR) is 146 cm³/mol. The number of hydrogen-bond donors (Lipinski definition) is 0. The van der Waals surface area contributed by atoms with E-state index in [2.05, 4.69) is 53.2 Å². The number of hydrogen-bond acceptors (Lipinski definition) is 8. The molecule has 0 saturated carbocycles. The largest absolute Gasteiger partial charge is 0.497 e. The number of ether oxygens (including phenoxy) is 2. The highest BCUT2D eigenvalue weighted by Crippen LogP contribution is 2.40. The van der Waals surface area contributed by atoms with Gasteiger partial charge in [0, 0.05) is 40.5 Å². The molecule has 0 aliphatic carbocycles. The van der Waals surface area contributed by atoms with Gasteiger partial charge < -0.3 is 14.4 Å². The molecule has 2 aromatic carbocycles. The van der Waals surface area contributed by atoms with Gasteiger partial charge in [-0.1, -0.05) is 18.2 Å². The van der Waals surface area contributed by atoms with E-state index in [0.717, 1.165) is 50.4 Å². The lowest BCUT2D eigenvalue weighted by Crippen LogP contribution is -2.12. The van der Waals surface area contributed by atoms with Crippen LogP contribution < -0.4 is 9.64 Å². The highest BCUT2D eigenvalue weighted by atomic mass is 32.1. The minimum absolute atomic E-state index is 0.0851. The van der Waals surface area contributed by atoms with Crippen molar-refractivity contribution in [2.24, 2.45) is 4.99 Å². The Morgan fingerprint density at radius 2 is 1.81 bits per heavy atom. The summed E-state index contributed by atoms with van der Waals surface area (Å²) in [5, 5.41) is 9.76. The average Bonchev–Trinajstić information content (AvgIpc) is 3.40. The van der Waals surface area contributed by atoms with E-state index < -0.39 is 6.04 Å². The van der Waals surface area contributed by atoms with Crippen LogP contribution in [-0.4, -0.2) is 47.7 Å². The smallest absolute Gasteiger partial charge is 0.308 e. The third-order valence-electron chi connectivity index (χ3n) is 6.80. The first-order chi connectivity index (χ1) is 17.8. The van der Waals surface area contributed by atoms with Crippen molar-refractivity contribution in [2.75, 3.05) is 26.2 Å². The number of benzene rings is 2. The second-order valence-electron chi connectivity index (χ2n) is 8.99. The molecule has 37 heavy (non-hydrogen) atoms. The van der Waals surface area contributed by atoms with E-state index in [1.165, 1.54) is 12.0 Å². The van der Waals surface area contributed by atoms with Crippen molar-refractivity contribution in [1.82, 2.24) is 14.8 Å². The van der Waals surface area contributed by atoms with Gasteiger partial charge in [0.05, 0.1) is 26.4 Å². The summed E-state index contributed by atoms with van der Waals surface area (Å²) in [6.45, 7) is 6.16. The quantitative estimate of drug-likeness (QED) is 0.316. The van der Waals surface area contributed by atoms with Gasteiger partial charge in [0.2, 0.25) is 0 Å². The zero-order valence-corrected chi connectivity index (χ0v) is 22.6. The molecule has 9 heteroatoms. The second kappa shape index (κ2) is 9.82. The molecule has 5 rings (SSSR count). The Balaban J connectivity index is 1.60. The molecule has 0 saturated heterocycles. The number of methoxy groups -OCH3 is 2. The molecule has 0 unspecified atom stereocenters. The zero-order chi connectivity index (χ0) is 26.3. The maximum Gasteiger partial charge on any atom is 0.308 e. The normalized spacial score (nSPS) is 14.3. The number of aliphatic imine (C=N–C) groups is 1. The molecule has 1 atom stereocenters. The fraction of sp³-hybridized carbons (Fsp3) is 0.286. The predicted octanol–water partition coefficient (Wildman–Crippen LogP) is 5.49. The maximum absolute atomic E-state index is 12.3. The summed E-state index contributed by atoms with van der Waals surface area (Å²) in [4.78, 5) is 20.8. The number of esters is 1. The Hall–Kier alpha value is -3.98. The SMILES string of the molecule is COC(=O)C[C@@H]1N=C(c2ccc(N(C)c3cccc(OC)c3)cc2)c2c(sc(C)c2C)-n2c(C)nnc21. The molecule has 3 heterocycles. The van der Waals surface area contributed by atoms with E-state index >= 15 is 0 Å². The number of rotatable bonds is 6. The Morgan fingerprint density at radius 1 is 1.05 bits per heavy atom. The van der Waals surface area contributed by atoms with Crippen molar-refractivity contribution in [2.45, 2.75) is 33.2 Å². The van der Waals surface area contributed by atoms with Crippen molar-refractivity contribution in [3.63, 3.8) is 0 Å². The Kier molecular flexibility index (Phi) is 6.55. The van der Waals surface area contributed by atoms with Gasteiger partial charge in [-0.15, -0.1) is 21.5 Å². The number of anilines is 2. The van der Waals surface area contributed by atoms with Gasteiger partial charge in [-0.2, -0.15) is 0 Å². The lowest BCUT2D eigenvalue weighted by molar-refractivity contribution is -0.141. The van der Waals surface area contributed by atoms with Crippen LogP contribution in [0.5, 0.6) is 5.75 Å². The van der Waals surface area contributed by atoms with Crippen LogP contribution in [0.25, 0.3) is 5.00 Å². The standard InChI is InChI=1S/C28H29N5O3S/c1-16-17(2)37-28-25(16)26(29-23(15-24(34)36-6)27-31-30-18(3)33(27)28)19-10-12-20(13-11-19)32(4)21-8-7-9-22(14-21)35-5/h7-14,23H,15H2,1-6H3/t23-/m0/s1. The third-order valence-corrected chi connectivity index (χ3v) is 7.99. The zero-order valence-electron chi connectivity index (χ0n) is 21.8. The molecule has 190 valence electrons. The third kappa shape index (κ3) is 4.40. The maximum atomic E-state index is 12.3. The fourth-order valence-corrected chi connectivity index (χ4v) is 5.79. The summed E-state index contributed by atoms with van der Waals surface area (Å²) in [6.07, 6.45) is 0.0851. The van der Waals surface area contributed by atoms with Gasteiger partial charge in [-0.25, -0.2) is 0 Å². The van der Waals surface area contributed by atoms with E-state index in [-0.39, 0.29) is 12.4 Å². The number of fused-ring (bicyclic) bond motifs is 3. The summed E-state index contributed by atoms with van der Waals surface area (Å²) >= 11 is 1.69. The number of carbonyl (C=O) groups excluding carboxylic acids is 1. The summed E-state index contributed by atoms with van der Waals surface area (Å²) in [6, 6.07) is 15.8. The van der Waals surface area contributed by atoms with Crippen LogP contribution in [-0.2, 0) is 9.53 Å². The van der Waals surface area contributed by atoms with E-state index in [1.807, 2.05) is 42.8 Å². The van der Waals surface area contributed by atoms with Crippen molar-refractivity contribution in [1.29, 1.82) is 0 Å². The van der Waals surface area contributed by atoms with Crippen LogP contribution >= 0.6 is 11.3 Å². The first-order valence-corrected chi connectivity index (χ1v) is 12.8. The number of thiophene rings is 1. The molecule has 8 nitrogen and oxygen atoms in total. The summed E-state index contributed by atoms with van der Waals surface area (Å²) in [5.41, 5.74) is 6.07. The topological polar surface area (TPSA) is 81.8 Å². The van der Waals surface area contributed by atoms with Crippen LogP contribution in [0.15, 0.2) is 53.5 Å². The second-order valence-corrected chi connectivity index (χ2v) is 10.2. The van der Waals surface area contributed by atoms with Gasteiger partial charge >= 0.3 is 5.97 Å². The minimum Gasteiger partial charge on any atom is -0.497 e. The molecule has 1 aliphatic rings. The molecule has 0 bridgehead atoms. The van der Waals surface area contributed by atoms with Crippen LogP contribution in [0.1, 0.15) is 45.7 Å². The van der Waals surface area contributed by atoms with Gasteiger partial charge in [0.15, 0.2) is 5.82 Å². The first-order valence-electron chi connectivity index (χ1n) is 12.0. The van der Waals surface area contributed by atoms with Crippen molar-refractivity contribution in [3.05, 3.63) is 81.7 Å². The first kappa shape index (κ1) is 24.7. The van der Waals surface area contributed by atoms with Crippen LogP contribution in [0, 0.1) is 20.8 Å². The molecule has 1 aliphatic heterocycles. The lowest BCUT2D eigenvalue weighted by atomic mass is 9.99. The summed E-state index contributed by atoms with van der Waals surface area (Å²) < 4.78 is 12.4. The molecular weight excluding hydrogens is 486 g/mol. The van der Waals surface area contributed by atoms with Crippen LogP contribution in [0.2, 0.25) is 0 Å². The van der Waals surface area contributed by atoms with Gasteiger partial charge in [-0.3, -0.25) is 14.4 Å². The fourth-order valence-electron chi connectivity index (χ4n) is 4.58. The Labute approximate surface area is 220 Å². The number of nitrogens with zero attached hydrogens (tertiary/aromatic N) is 5. The van der Waals surface area contributed by atoms with Crippen molar-refractivity contribution < 1.29 is 14.3 Å². The highest BCUT2D eigenvalue weighted by Gasteiger charge is 2.32. The van der Waals surface area contributed by atoms with Crippen LogP contribution in [0.4, 0.5) is 11.4 Å². The molecule has 2 aromatic heterocycles. The Bertz CT molecular complexity index is 1500. The number of aromatic nitrogens is 3. The molecule has 0 radical (unpaired) electrons. The average molecular weight is 516 g/mol. The van der Waals surface area contributed by atoms with Crippen molar-refractivity contribution >= 4 is 34.4 Å². The molecule has 0 spiro atoms. The Morgan fingerprint density at radius 3 is 2.51 bits per heavy atom. The number of aryl methyl sites for hydroxylation is 2. The minimum atomic E-state index is -0.512. The van der Waals surface area contributed by atoms with Gasteiger partial charge in [-0.05, 0) is 50.6 Å². The lowest BCUT2D eigenvalue weighted by Gasteiger charge is -2.20. The number of carbonyl (C=O) groups is 1. The summed E-state index contributed by atoms with van der Waals surface area (Å²) in [5.74, 6) is 1.88. The van der Waals surface area contributed by atoms with Crippen LogP contribution in [0.3, 0.4) is 0 Å². The van der Waals surface area contributed by atoms with E-state index in [9.17, 15) is 4.79 Å². The molecule has 0 fully saturated rings. The van der Waals surface area contributed by atoms with E-state index in [4.69, 9.17) is 14.5 Å². The monoisotopic (exact) mass is 515 g/mol. The van der Waals surface area contributed by atoms with Crippen molar-refractivity contribution in [3.8, 4) is 10.8 Å². The van der Waals surface area contributed by atoms with E-state index in [1.54, 1.807) is 18.4 Å². The van der Waals surface area contributed by atoms with Gasteiger partial charge in [0.25, 0.3) is 0 Å². The van der Waals surface area contributed by atoms with Gasteiger partial charge in [0.1, 0.15) is 22.6 Å². The molecular formula is C28H29N5O3S.